The summed E-state index contributed by atoms with van der Waals surface area (Å²) in [6.07, 6.45) is 8.80. The van der Waals surface area contributed by atoms with E-state index in [9.17, 15) is 4.79 Å². The number of carbonyl (C=O) groups excluding carboxylic acids is 1. The van der Waals surface area contributed by atoms with Gasteiger partial charge in [-0.15, -0.1) is 6.58 Å². The van der Waals surface area contributed by atoms with Crippen LogP contribution in [0.3, 0.4) is 0 Å². The Balaban J connectivity index is 0. The van der Waals surface area contributed by atoms with Crippen LogP contribution in [0.25, 0.3) is 0 Å². The zero-order valence-electron chi connectivity index (χ0n) is 16.9. The van der Waals surface area contributed by atoms with Crippen molar-refractivity contribution in [3.8, 4) is 0 Å². The smallest absolute Gasteiger partial charge is 0.155 e. The molecular formula is C17H33NOS8. The molecule has 1 N–H and O–H groups in total. The van der Waals surface area contributed by atoms with Crippen LogP contribution < -0.4 is 5.32 Å². The molecule has 0 aliphatic heterocycles. The number of unbranched alkanes of at least 4 members (excludes halogenated alkanes) is 4. The Bertz CT molecular complexity index is 641. The molecule has 2 nitrogen and oxygen atoms in total. The lowest BCUT2D eigenvalue weighted by molar-refractivity contribution is -0.128. The first kappa shape index (κ1) is 30.3. The van der Waals surface area contributed by atoms with Gasteiger partial charge in [-0.3, -0.25) is 4.79 Å². The van der Waals surface area contributed by atoms with Crippen LogP contribution in [-0.2, 0) is 80.5 Å². The first-order chi connectivity index (χ1) is 12.7. The quantitative estimate of drug-likeness (QED) is 0.319. The second kappa shape index (κ2) is 20.4. The van der Waals surface area contributed by atoms with Crippen LogP contribution in [0.2, 0.25) is 0 Å². The Hall–Kier alpha value is 1.13. The summed E-state index contributed by atoms with van der Waals surface area (Å²) in [5.74, 6) is 0.435. The molecule has 0 spiro atoms. The Morgan fingerprint density at radius 3 is 1.93 bits per heavy atom. The molecule has 27 heavy (non-hydrogen) atoms. The third kappa shape index (κ3) is 18.9. The molecule has 0 aromatic rings. The molecule has 0 rings (SSSR count). The molecule has 0 aromatic heterocycles. The van der Waals surface area contributed by atoms with Gasteiger partial charge in [0, 0.05) is 87.6 Å². The van der Waals surface area contributed by atoms with E-state index >= 15 is 0 Å². The second-order valence-electron chi connectivity index (χ2n) is 6.80. The van der Waals surface area contributed by atoms with E-state index < -0.39 is 0 Å². The minimum atomic E-state index is -0.360. The summed E-state index contributed by atoms with van der Waals surface area (Å²) in [6.45, 7) is 14.0. The maximum Gasteiger partial charge on any atom is 0.155 e. The molecule has 0 amide bonds. The van der Waals surface area contributed by atoms with E-state index in [1.807, 2.05) is 19.9 Å². The fraction of sp³-hybridized carbons (Fsp3) is 0.824. The average Bonchev–Trinajstić information content (AvgIpc) is 2.61. The van der Waals surface area contributed by atoms with Crippen molar-refractivity contribution in [1.29, 1.82) is 0 Å². The lowest BCUT2D eigenvalue weighted by Gasteiger charge is -2.33. The van der Waals surface area contributed by atoms with Crippen LogP contribution in [0.1, 0.15) is 73.1 Å². The summed E-state index contributed by atoms with van der Waals surface area (Å²) < 4.78 is 0. The Morgan fingerprint density at radius 1 is 1.00 bits per heavy atom. The highest BCUT2D eigenvalue weighted by Crippen LogP contribution is 2.21. The van der Waals surface area contributed by atoms with E-state index in [1.54, 1.807) is 35.5 Å². The van der Waals surface area contributed by atoms with Crippen molar-refractivity contribution >= 4 is 81.4 Å². The summed E-state index contributed by atoms with van der Waals surface area (Å²) in [4.78, 5) is 12.4. The fourth-order valence-electron chi connectivity index (χ4n) is 2.71. The van der Waals surface area contributed by atoms with Crippen LogP contribution >= 0.6 is 0 Å². The van der Waals surface area contributed by atoms with Gasteiger partial charge in [-0.05, 0) is 40.0 Å². The van der Waals surface area contributed by atoms with E-state index in [0.29, 0.717) is 11.8 Å². The molecule has 1 atom stereocenters. The minimum absolute atomic E-state index is 0.0945. The summed E-state index contributed by atoms with van der Waals surface area (Å²) >= 11 is 9.21. The van der Waals surface area contributed by atoms with Crippen molar-refractivity contribution in [2.24, 2.45) is 5.92 Å². The van der Waals surface area contributed by atoms with Crippen LogP contribution in [0, 0.1) is 5.92 Å². The van der Waals surface area contributed by atoms with Gasteiger partial charge in [-0.25, -0.2) is 0 Å². The van der Waals surface area contributed by atoms with Gasteiger partial charge in [0.15, 0.2) is 5.78 Å². The molecule has 0 saturated carbocycles. The van der Waals surface area contributed by atoms with Gasteiger partial charge in [0.05, 0.1) is 5.54 Å². The number of ketones is 1. The van der Waals surface area contributed by atoms with Crippen LogP contribution in [0.4, 0.5) is 0 Å². The molecule has 0 fully saturated rings. The monoisotopic (exact) mass is 523 g/mol. The van der Waals surface area contributed by atoms with Gasteiger partial charge in [-0.2, -0.15) is 0 Å². The molecule has 0 heterocycles. The van der Waals surface area contributed by atoms with Crippen molar-refractivity contribution in [3.63, 3.8) is 0 Å². The molecule has 160 valence electrons. The molecule has 0 radical (unpaired) electrons. The van der Waals surface area contributed by atoms with Crippen LogP contribution in [0.5, 0.6) is 0 Å². The molecule has 0 aliphatic rings. The predicted octanol–water partition coefficient (Wildman–Crippen LogP) is 4.48. The van der Waals surface area contributed by atoms with Gasteiger partial charge < -0.3 is 5.32 Å². The van der Waals surface area contributed by atoms with Gasteiger partial charge in [0.2, 0.25) is 0 Å². The standard InChI is InChI=1S/C17H33NO.S8/c1-7-8-9-10-11-12-13-17(6,18-15(4)5)16(19)14(2)3;1-3-5-7-8-6-4-2/h7,14-15,18H,1,8-13H2,2-6H3;/t17-;/m0./s1. The Kier molecular flexibility index (Phi) is 22.9. The Labute approximate surface area is 193 Å². The number of rotatable bonds is 11. The van der Waals surface area contributed by atoms with Crippen LogP contribution in [0.15, 0.2) is 12.7 Å². The third-order valence-corrected chi connectivity index (χ3v) is 14.8. The number of nitrogens with one attached hydrogen (secondary N) is 1. The molecule has 10 heteroatoms. The highest BCUT2D eigenvalue weighted by Gasteiger charge is 2.34. The van der Waals surface area contributed by atoms with Crippen molar-refractivity contribution in [2.45, 2.75) is 84.7 Å². The third-order valence-electron chi connectivity index (χ3n) is 3.65. The summed E-state index contributed by atoms with van der Waals surface area (Å²) in [5, 5.41) is 3.47. The maximum atomic E-state index is 12.4. The predicted molar refractivity (Wildman–Crippen MR) is 143 cm³/mol. The zero-order chi connectivity index (χ0) is 21.1. The van der Waals surface area contributed by atoms with Crippen LogP contribution in [-0.4, -0.2) is 17.4 Å². The normalized spacial score (nSPS) is 12.3. The zero-order valence-corrected chi connectivity index (χ0v) is 23.4. The molecule has 0 unspecified atom stereocenters. The largest absolute Gasteiger partial charge is 0.303 e. The lowest BCUT2D eigenvalue weighted by atomic mass is 9.83. The molecule has 0 aromatic carbocycles. The molecule has 0 saturated heterocycles. The van der Waals surface area contributed by atoms with E-state index in [1.165, 1.54) is 37.0 Å². The molecule has 0 aliphatic carbocycles. The fourth-order valence-corrected chi connectivity index (χ4v) is 13.7. The first-order valence-corrected chi connectivity index (χ1v) is 18.3. The molecule has 0 bridgehead atoms. The van der Waals surface area contributed by atoms with Gasteiger partial charge >= 0.3 is 0 Å². The summed E-state index contributed by atoms with van der Waals surface area (Å²) in [5.41, 5.74) is -0.360. The van der Waals surface area contributed by atoms with Gasteiger partial charge in [0.1, 0.15) is 0 Å². The van der Waals surface area contributed by atoms with Gasteiger partial charge in [0.25, 0.3) is 0 Å². The number of carbonyl (C=O) groups is 1. The SMILES string of the molecule is C=CCCCCCC[C@](C)(NC(C)C)C(=O)C(C)C.S=S=S=S=S=S=S=S. The van der Waals surface area contributed by atoms with Crippen molar-refractivity contribution < 1.29 is 4.79 Å². The maximum absolute atomic E-state index is 12.4. The Morgan fingerprint density at radius 2 is 1.52 bits per heavy atom. The van der Waals surface area contributed by atoms with E-state index in [0.717, 1.165) is 19.3 Å². The number of hydrogen-bond donors (Lipinski definition) is 1. The van der Waals surface area contributed by atoms with Gasteiger partial charge in [-0.1, -0.05) is 39.2 Å². The first-order valence-electron chi connectivity index (χ1n) is 8.93. The van der Waals surface area contributed by atoms with Crippen molar-refractivity contribution in [1.82, 2.24) is 5.32 Å². The van der Waals surface area contributed by atoms with E-state index in [-0.39, 0.29) is 11.5 Å². The van der Waals surface area contributed by atoms with Crippen molar-refractivity contribution in [3.05, 3.63) is 12.7 Å². The lowest BCUT2D eigenvalue weighted by Crippen LogP contribution is -2.53. The highest BCUT2D eigenvalue weighted by atomic mass is 33.4. The summed E-state index contributed by atoms with van der Waals surface area (Å²) in [7, 11) is 9.12. The molecular weight excluding hydrogens is 491 g/mol. The number of hydrogen-bond acceptors (Lipinski definition) is 4. The number of Topliss-reactive ketones (excluding diaryl/α,β-unsaturated/α-hetero) is 1. The summed E-state index contributed by atoms with van der Waals surface area (Å²) in [6, 6.07) is 0.341. The second-order valence-corrected chi connectivity index (χ2v) is 17.4. The number of allylic oxidation sites excluding steroid dienone is 1. The van der Waals surface area contributed by atoms with E-state index in [2.05, 4.69) is 55.0 Å². The minimum Gasteiger partial charge on any atom is -0.303 e. The highest BCUT2D eigenvalue weighted by molar-refractivity contribution is 8.70. The average molecular weight is 524 g/mol. The van der Waals surface area contributed by atoms with Crippen molar-refractivity contribution in [2.75, 3.05) is 0 Å². The van der Waals surface area contributed by atoms with E-state index in [4.69, 9.17) is 0 Å². The topological polar surface area (TPSA) is 29.1 Å².